The van der Waals surface area contributed by atoms with E-state index < -0.39 is 17.7 Å². The SMILES string of the molecule is COc1ccc(/C(O)=C2\C(=O)C(=O)N(Cc3cccs3)C2c2cccc(OC)c2OC)cc1. The third-order valence-electron chi connectivity index (χ3n) is 5.54. The van der Waals surface area contributed by atoms with E-state index in [0.717, 1.165) is 4.88 Å². The van der Waals surface area contributed by atoms with Gasteiger partial charge in [-0.25, -0.2) is 0 Å². The molecular weight excluding hydrogens is 442 g/mol. The van der Waals surface area contributed by atoms with Crippen molar-refractivity contribution in [1.82, 2.24) is 4.90 Å². The van der Waals surface area contributed by atoms with Gasteiger partial charge in [-0.15, -0.1) is 11.3 Å². The Kier molecular flexibility index (Phi) is 6.37. The third-order valence-corrected chi connectivity index (χ3v) is 6.40. The summed E-state index contributed by atoms with van der Waals surface area (Å²) in [6.07, 6.45) is 0. The molecule has 1 amide bonds. The van der Waals surface area contributed by atoms with E-state index in [1.807, 2.05) is 17.5 Å². The van der Waals surface area contributed by atoms with E-state index >= 15 is 0 Å². The molecule has 1 N–H and O–H groups in total. The van der Waals surface area contributed by atoms with E-state index in [9.17, 15) is 14.7 Å². The molecule has 2 heterocycles. The first-order valence-corrected chi connectivity index (χ1v) is 11.0. The maximum absolute atomic E-state index is 13.2. The molecule has 2 aromatic carbocycles. The molecule has 170 valence electrons. The topological polar surface area (TPSA) is 85.3 Å². The number of aliphatic hydroxyl groups excluding tert-OH is 1. The minimum atomic E-state index is -0.862. The fourth-order valence-electron chi connectivity index (χ4n) is 3.97. The zero-order valence-corrected chi connectivity index (χ0v) is 19.2. The first-order chi connectivity index (χ1) is 16.0. The van der Waals surface area contributed by atoms with E-state index in [4.69, 9.17) is 14.2 Å². The Morgan fingerprint density at radius 1 is 0.970 bits per heavy atom. The van der Waals surface area contributed by atoms with E-state index in [0.29, 0.717) is 28.4 Å². The van der Waals surface area contributed by atoms with E-state index in [2.05, 4.69) is 0 Å². The van der Waals surface area contributed by atoms with Crippen molar-refractivity contribution in [2.24, 2.45) is 0 Å². The van der Waals surface area contributed by atoms with Gasteiger partial charge in [0, 0.05) is 16.0 Å². The van der Waals surface area contributed by atoms with Crippen LogP contribution in [0.5, 0.6) is 17.2 Å². The molecule has 0 radical (unpaired) electrons. The van der Waals surface area contributed by atoms with Crippen LogP contribution in [0.25, 0.3) is 5.76 Å². The van der Waals surface area contributed by atoms with Gasteiger partial charge in [-0.1, -0.05) is 18.2 Å². The zero-order valence-electron chi connectivity index (χ0n) is 18.4. The van der Waals surface area contributed by atoms with Gasteiger partial charge in [0.15, 0.2) is 11.5 Å². The summed E-state index contributed by atoms with van der Waals surface area (Å²) in [7, 11) is 4.55. The molecule has 0 bridgehead atoms. The predicted octanol–water partition coefficient (Wildman–Crippen LogP) is 4.40. The third kappa shape index (κ3) is 4.05. The zero-order chi connectivity index (χ0) is 23.5. The highest BCUT2D eigenvalue weighted by Gasteiger charge is 2.47. The molecule has 7 nitrogen and oxygen atoms in total. The Bertz CT molecular complexity index is 1200. The number of carbonyl (C=O) groups is 2. The minimum Gasteiger partial charge on any atom is -0.507 e. The normalized spacial score (nSPS) is 17.3. The minimum absolute atomic E-state index is 0.00623. The van der Waals surface area contributed by atoms with Crippen LogP contribution in [0, 0.1) is 0 Å². The predicted molar refractivity (Wildman–Crippen MR) is 125 cm³/mol. The van der Waals surface area contributed by atoms with Crippen LogP contribution in [0.1, 0.15) is 22.0 Å². The molecule has 1 atom stereocenters. The van der Waals surface area contributed by atoms with Gasteiger partial charge in [-0.05, 0) is 41.8 Å². The highest BCUT2D eigenvalue weighted by Crippen LogP contribution is 2.46. The number of hydrogen-bond acceptors (Lipinski definition) is 7. The molecule has 1 aromatic heterocycles. The summed E-state index contributed by atoms with van der Waals surface area (Å²) in [4.78, 5) is 28.7. The van der Waals surface area contributed by atoms with Crippen molar-refractivity contribution < 1.29 is 28.9 Å². The number of methoxy groups -OCH3 is 3. The number of rotatable bonds is 7. The molecule has 1 aliphatic rings. The van der Waals surface area contributed by atoms with Crippen LogP contribution in [0.4, 0.5) is 0 Å². The molecule has 33 heavy (non-hydrogen) atoms. The Labute approximate surface area is 195 Å². The molecule has 1 fully saturated rings. The number of para-hydroxylation sites is 1. The number of thiophene rings is 1. The molecule has 1 aliphatic heterocycles. The largest absolute Gasteiger partial charge is 0.507 e. The van der Waals surface area contributed by atoms with Gasteiger partial charge in [0.05, 0.1) is 39.5 Å². The van der Waals surface area contributed by atoms with Crippen molar-refractivity contribution in [2.75, 3.05) is 21.3 Å². The maximum atomic E-state index is 13.2. The summed E-state index contributed by atoms with van der Waals surface area (Å²) in [6.45, 7) is 0.215. The number of hydrogen-bond donors (Lipinski definition) is 1. The van der Waals surface area contributed by atoms with Crippen molar-refractivity contribution >= 4 is 28.8 Å². The molecule has 0 aliphatic carbocycles. The first kappa shape index (κ1) is 22.4. The summed E-state index contributed by atoms with van der Waals surface area (Å²) in [6, 6.07) is 14.8. The number of nitrogens with zero attached hydrogens (tertiary/aromatic N) is 1. The van der Waals surface area contributed by atoms with Gasteiger partial charge in [-0.2, -0.15) is 0 Å². The number of Topliss-reactive ketones (excluding diaryl/α,β-unsaturated/α-hetero) is 1. The number of ketones is 1. The maximum Gasteiger partial charge on any atom is 0.295 e. The Balaban J connectivity index is 1.92. The van der Waals surface area contributed by atoms with Crippen molar-refractivity contribution in [1.29, 1.82) is 0 Å². The van der Waals surface area contributed by atoms with Crippen LogP contribution < -0.4 is 14.2 Å². The number of carbonyl (C=O) groups excluding carboxylic acids is 2. The van der Waals surface area contributed by atoms with Gasteiger partial charge >= 0.3 is 0 Å². The number of likely N-dealkylation sites (tertiary alicyclic amines) is 1. The second-order valence-electron chi connectivity index (χ2n) is 7.32. The summed E-state index contributed by atoms with van der Waals surface area (Å²) in [5.74, 6) is -0.247. The van der Waals surface area contributed by atoms with E-state index in [1.165, 1.54) is 30.5 Å². The van der Waals surface area contributed by atoms with Crippen molar-refractivity contribution in [2.45, 2.75) is 12.6 Å². The molecule has 3 aromatic rings. The van der Waals surface area contributed by atoms with Crippen LogP contribution in [0.3, 0.4) is 0 Å². The second kappa shape index (κ2) is 9.38. The molecule has 4 rings (SSSR count). The van der Waals surface area contributed by atoms with Crippen molar-refractivity contribution in [3.8, 4) is 17.2 Å². The van der Waals surface area contributed by atoms with Gasteiger partial charge in [0.1, 0.15) is 11.5 Å². The van der Waals surface area contributed by atoms with Gasteiger partial charge in [0.2, 0.25) is 0 Å². The smallest absolute Gasteiger partial charge is 0.295 e. The lowest BCUT2D eigenvalue weighted by molar-refractivity contribution is -0.140. The van der Waals surface area contributed by atoms with Gasteiger partial charge in [0.25, 0.3) is 11.7 Å². The number of amides is 1. The molecule has 0 saturated carbocycles. The average molecular weight is 466 g/mol. The quantitative estimate of drug-likeness (QED) is 0.316. The Morgan fingerprint density at radius 3 is 2.33 bits per heavy atom. The van der Waals surface area contributed by atoms with Crippen LogP contribution in [0.2, 0.25) is 0 Å². The second-order valence-corrected chi connectivity index (χ2v) is 8.35. The fourth-order valence-corrected chi connectivity index (χ4v) is 4.67. The lowest BCUT2D eigenvalue weighted by Gasteiger charge is -2.26. The fraction of sp³-hybridized carbons (Fsp3) is 0.200. The van der Waals surface area contributed by atoms with Crippen LogP contribution in [0.15, 0.2) is 65.6 Å². The Hall–Kier alpha value is -3.78. The summed E-state index contributed by atoms with van der Waals surface area (Å²) >= 11 is 1.48. The number of benzene rings is 2. The van der Waals surface area contributed by atoms with E-state index in [1.54, 1.807) is 49.6 Å². The molecule has 8 heteroatoms. The van der Waals surface area contributed by atoms with Gasteiger partial charge in [-0.3, -0.25) is 9.59 Å². The summed E-state index contributed by atoms with van der Waals surface area (Å²) in [5, 5.41) is 13.1. The van der Waals surface area contributed by atoms with Crippen LogP contribution in [-0.2, 0) is 16.1 Å². The lowest BCUT2D eigenvalue weighted by Crippen LogP contribution is -2.29. The van der Waals surface area contributed by atoms with Gasteiger partial charge < -0.3 is 24.2 Å². The highest BCUT2D eigenvalue weighted by atomic mass is 32.1. The number of aliphatic hydroxyl groups is 1. The summed E-state index contributed by atoms with van der Waals surface area (Å²) in [5.41, 5.74) is 0.938. The molecular formula is C25H23NO6S. The van der Waals surface area contributed by atoms with Crippen LogP contribution >= 0.6 is 11.3 Å². The molecule has 1 saturated heterocycles. The molecule has 0 spiro atoms. The van der Waals surface area contributed by atoms with E-state index in [-0.39, 0.29) is 17.9 Å². The van der Waals surface area contributed by atoms with Crippen molar-refractivity contribution in [3.05, 3.63) is 81.6 Å². The molecule has 1 unspecified atom stereocenters. The highest BCUT2D eigenvalue weighted by molar-refractivity contribution is 7.09. The lowest BCUT2D eigenvalue weighted by atomic mass is 9.94. The standard InChI is InChI=1S/C25H23NO6S/c1-30-16-11-9-15(10-12-16)22(27)20-21(18-7-4-8-19(31-2)24(18)32-3)26(25(29)23(20)28)14-17-6-5-13-33-17/h4-13,21,27H,14H2,1-3H3/b22-20+. The monoisotopic (exact) mass is 465 g/mol. The first-order valence-electron chi connectivity index (χ1n) is 10.2. The van der Waals surface area contributed by atoms with Crippen LogP contribution in [-0.4, -0.2) is 43.0 Å². The Morgan fingerprint density at radius 2 is 1.73 bits per heavy atom. The number of ether oxygens (including phenoxy) is 3. The summed E-state index contributed by atoms with van der Waals surface area (Å²) < 4.78 is 16.2. The average Bonchev–Trinajstić information content (AvgIpc) is 3.45. The van der Waals surface area contributed by atoms with Crippen molar-refractivity contribution in [3.63, 3.8) is 0 Å².